The van der Waals surface area contributed by atoms with Gasteiger partial charge in [0.15, 0.2) is 0 Å². The quantitative estimate of drug-likeness (QED) is 0.836. The van der Waals surface area contributed by atoms with Crippen LogP contribution in [0.15, 0.2) is 17.5 Å². The third-order valence-electron chi connectivity index (χ3n) is 3.00. The lowest BCUT2D eigenvalue weighted by Gasteiger charge is -2.22. The van der Waals surface area contributed by atoms with E-state index in [4.69, 9.17) is 0 Å². The van der Waals surface area contributed by atoms with E-state index >= 15 is 0 Å². The maximum atomic E-state index is 11.7. The predicted octanol–water partition coefficient (Wildman–Crippen LogP) is 1.01. The van der Waals surface area contributed by atoms with E-state index in [1.54, 1.807) is 30.3 Å². The summed E-state index contributed by atoms with van der Waals surface area (Å²) in [6, 6.07) is 3.81. The summed E-state index contributed by atoms with van der Waals surface area (Å²) in [4.78, 5) is 26.1. The van der Waals surface area contributed by atoms with E-state index in [1.165, 1.54) is 0 Å². The zero-order valence-corrected chi connectivity index (χ0v) is 10.1. The van der Waals surface area contributed by atoms with Crippen LogP contribution in [0, 0.1) is 5.92 Å². The summed E-state index contributed by atoms with van der Waals surface area (Å²) in [5.41, 5.74) is 0. The first-order valence-corrected chi connectivity index (χ1v) is 6.03. The van der Waals surface area contributed by atoms with E-state index in [9.17, 15) is 9.59 Å². The molecule has 2 rings (SSSR count). The molecule has 86 valence electrons. The van der Waals surface area contributed by atoms with E-state index < -0.39 is 0 Å². The van der Waals surface area contributed by atoms with E-state index in [0.29, 0.717) is 6.42 Å². The summed E-state index contributed by atoms with van der Waals surface area (Å²) < 4.78 is 0. The van der Waals surface area contributed by atoms with Gasteiger partial charge in [-0.2, -0.15) is 0 Å². The molecule has 4 nitrogen and oxygen atoms in total. The molecule has 0 unspecified atom stereocenters. The van der Waals surface area contributed by atoms with Gasteiger partial charge >= 0.3 is 0 Å². The summed E-state index contributed by atoms with van der Waals surface area (Å²) in [5, 5.41) is 4.59. The first kappa shape index (κ1) is 11.1. The number of nitrogens with one attached hydrogen (secondary N) is 1. The Morgan fingerprint density at radius 1 is 1.62 bits per heavy atom. The Morgan fingerprint density at radius 3 is 2.94 bits per heavy atom. The number of rotatable bonds is 2. The van der Waals surface area contributed by atoms with Crippen LogP contribution < -0.4 is 5.32 Å². The van der Waals surface area contributed by atoms with Crippen molar-refractivity contribution in [2.45, 2.75) is 12.5 Å². The van der Waals surface area contributed by atoms with Gasteiger partial charge in [0.25, 0.3) is 0 Å². The molecule has 1 saturated heterocycles. The first-order valence-electron chi connectivity index (χ1n) is 5.15. The van der Waals surface area contributed by atoms with E-state index in [0.717, 1.165) is 4.88 Å². The van der Waals surface area contributed by atoms with Crippen LogP contribution in [0.25, 0.3) is 0 Å². The number of hydrogen-bond donors (Lipinski definition) is 1. The molecule has 0 bridgehead atoms. The summed E-state index contributed by atoms with van der Waals surface area (Å²) in [6.07, 6.45) is 0.304. The molecule has 1 aromatic heterocycles. The minimum absolute atomic E-state index is 0.0343. The van der Waals surface area contributed by atoms with Crippen LogP contribution in [-0.4, -0.2) is 30.8 Å². The first-order chi connectivity index (χ1) is 7.65. The molecule has 16 heavy (non-hydrogen) atoms. The van der Waals surface area contributed by atoms with Gasteiger partial charge < -0.3 is 10.2 Å². The van der Waals surface area contributed by atoms with Crippen LogP contribution in [0.4, 0.5) is 0 Å². The van der Waals surface area contributed by atoms with E-state index in [2.05, 4.69) is 5.32 Å². The van der Waals surface area contributed by atoms with Crippen LogP contribution in [0.3, 0.4) is 0 Å². The lowest BCUT2D eigenvalue weighted by atomic mass is 9.98. The third-order valence-corrected chi connectivity index (χ3v) is 3.95. The standard InChI is InChI=1S/C11H14N2O2S/c1-12-11(15)7-6-9(14)13(2)10(7)8-4-3-5-16-8/h3-5,7,10H,6H2,1-2H3,(H,12,15)/t7-,10+/m0/s1. The summed E-state index contributed by atoms with van der Waals surface area (Å²) >= 11 is 1.58. The van der Waals surface area contributed by atoms with Gasteiger partial charge in [0.2, 0.25) is 11.8 Å². The van der Waals surface area contributed by atoms with Crippen molar-refractivity contribution in [1.82, 2.24) is 10.2 Å². The van der Waals surface area contributed by atoms with Gasteiger partial charge in [0.1, 0.15) is 0 Å². The van der Waals surface area contributed by atoms with Crippen molar-refractivity contribution in [3.8, 4) is 0 Å². The minimum atomic E-state index is -0.263. The Bertz CT molecular complexity index is 402. The average Bonchev–Trinajstić information content (AvgIpc) is 2.87. The van der Waals surface area contributed by atoms with Crippen molar-refractivity contribution >= 4 is 23.2 Å². The van der Waals surface area contributed by atoms with Crippen molar-refractivity contribution in [2.75, 3.05) is 14.1 Å². The Hall–Kier alpha value is -1.36. The number of likely N-dealkylation sites (tertiary alicyclic amines) is 1. The maximum Gasteiger partial charge on any atom is 0.225 e. The topological polar surface area (TPSA) is 49.4 Å². The molecule has 2 heterocycles. The van der Waals surface area contributed by atoms with Gasteiger partial charge in [0.05, 0.1) is 12.0 Å². The van der Waals surface area contributed by atoms with Crippen LogP contribution in [0.2, 0.25) is 0 Å². The highest BCUT2D eigenvalue weighted by atomic mass is 32.1. The van der Waals surface area contributed by atoms with Crippen LogP contribution in [0.1, 0.15) is 17.3 Å². The zero-order chi connectivity index (χ0) is 11.7. The molecule has 1 aliphatic rings. The van der Waals surface area contributed by atoms with Crippen molar-refractivity contribution in [1.29, 1.82) is 0 Å². The fourth-order valence-corrected chi connectivity index (χ4v) is 3.07. The number of carbonyl (C=O) groups excluding carboxylic acids is 2. The Morgan fingerprint density at radius 2 is 2.38 bits per heavy atom. The zero-order valence-electron chi connectivity index (χ0n) is 9.27. The SMILES string of the molecule is CNC(=O)[C@H]1CC(=O)N(C)[C@H]1c1cccs1. The number of hydrogen-bond acceptors (Lipinski definition) is 3. The van der Waals surface area contributed by atoms with E-state index in [-0.39, 0.29) is 23.8 Å². The Balaban J connectivity index is 2.31. The minimum Gasteiger partial charge on any atom is -0.359 e. The Labute approximate surface area is 98.3 Å². The fourth-order valence-electron chi connectivity index (χ4n) is 2.14. The van der Waals surface area contributed by atoms with Crippen molar-refractivity contribution in [3.05, 3.63) is 22.4 Å². The molecule has 1 aliphatic heterocycles. The van der Waals surface area contributed by atoms with Gasteiger partial charge in [-0.25, -0.2) is 0 Å². The molecule has 1 aromatic rings. The molecule has 0 aromatic carbocycles. The molecule has 0 aliphatic carbocycles. The lowest BCUT2D eigenvalue weighted by molar-refractivity contribution is -0.128. The second kappa shape index (κ2) is 4.25. The third kappa shape index (κ3) is 1.71. The monoisotopic (exact) mass is 238 g/mol. The van der Waals surface area contributed by atoms with Gasteiger partial charge in [0, 0.05) is 25.4 Å². The molecule has 1 N–H and O–H groups in total. The van der Waals surface area contributed by atoms with E-state index in [1.807, 2.05) is 17.5 Å². The fraction of sp³-hybridized carbons (Fsp3) is 0.455. The highest BCUT2D eigenvalue weighted by molar-refractivity contribution is 7.10. The smallest absolute Gasteiger partial charge is 0.225 e. The summed E-state index contributed by atoms with van der Waals surface area (Å²) in [7, 11) is 3.37. The number of thiophene rings is 1. The van der Waals surface area contributed by atoms with Crippen molar-refractivity contribution in [3.63, 3.8) is 0 Å². The molecule has 0 saturated carbocycles. The molecule has 0 spiro atoms. The van der Waals surface area contributed by atoms with Crippen LogP contribution in [-0.2, 0) is 9.59 Å². The number of carbonyl (C=O) groups is 2. The van der Waals surface area contributed by atoms with Gasteiger partial charge in [-0.3, -0.25) is 9.59 Å². The molecular formula is C11H14N2O2S. The van der Waals surface area contributed by atoms with Gasteiger partial charge in [-0.15, -0.1) is 11.3 Å². The second-order valence-electron chi connectivity index (χ2n) is 3.89. The largest absolute Gasteiger partial charge is 0.359 e. The molecule has 2 atom stereocenters. The van der Waals surface area contributed by atoms with Gasteiger partial charge in [-0.05, 0) is 11.4 Å². The highest BCUT2D eigenvalue weighted by Gasteiger charge is 2.42. The molecule has 5 heteroatoms. The number of nitrogens with zero attached hydrogens (tertiary/aromatic N) is 1. The maximum absolute atomic E-state index is 11.7. The highest BCUT2D eigenvalue weighted by Crippen LogP contribution is 2.38. The van der Waals surface area contributed by atoms with Crippen LogP contribution >= 0.6 is 11.3 Å². The molecular weight excluding hydrogens is 224 g/mol. The van der Waals surface area contributed by atoms with Crippen LogP contribution in [0.5, 0.6) is 0 Å². The van der Waals surface area contributed by atoms with Crippen molar-refractivity contribution < 1.29 is 9.59 Å². The normalized spacial score (nSPS) is 24.9. The summed E-state index contributed by atoms with van der Waals surface area (Å²) in [5.74, 6) is -0.288. The molecule has 0 radical (unpaired) electrons. The second-order valence-corrected chi connectivity index (χ2v) is 4.87. The summed E-state index contributed by atoms with van der Waals surface area (Å²) in [6.45, 7) is 0. The average molecular weight is 238 g/mol. The predicted molar refractivity (Wildman–Crippen MR) is 62.0 cm³/mol. The van der Waals surface area contributed by atoms with Crippen molar-refractivity contribution in [2.24, 2.45) is 5.92 Å². The lowest BCUT2D eigenvalue weighted by Crippen LogP contribution is -2.32. The number of amides is 2. The molecule has 1 fully saturated rings. The Kier molecular flexibility index (Phi) is 2.96. The molecule has 2 amide bonds. The van der Waals surface area contributed by atoms with Gasteiger partial charge in [-0.1, -0.05) is 6.07 Å².